The van der Waals surface area contributed by atoms with Gasteiger partial charge in [0.2, 0.25) is 5.76 Å². The van der Waals surface area contributed by atoms with Gasteiger partial charge in [-0.1, -0.05) is 41.1 Å². The third-order valence-corrected chi connectivity index (χ3v) is 5.94. The van der Waals surface area contributed by atoms with Gasteiger partial charge in [0.25, 0.3) is 5.91 Å². The van der Waals surface area contributed by atoms with Gasteiger partial charge in [0.1, 0.15) is 5.58 Å². The van der Waals surface area contributed by atoms with Crippen molar-refractivity contribution < 1.29 is 9.21 Å². The van der Waals surface area contributed by atoms with E-state index in [1.807, 2.05) is 62.3 Å². The summed E-state index contributed by atoms with van der Waals surface area (Å²) in [6, 6.07) is 12.9. The molecule has 1 unspecified atom stereocenters. The first-order chi connectivity index (χ1) is 13.9. The number of rotatable bonds is 5. The Morgan fingerprint density at radius 1 is 1.10 bits per heavy atom. The quantitative estimate of drug-likeness (QED) is 0.578. The summed E-state index contributed by atoms with van der Waals surface area (Å²) in [6.07, 6.45) is 0.830. The van der Waals surface area contributed by atoms with Crippen molar-refractivity contribution in [2.24, 2.45) is 0 Å². The van der Waals surface area contributed by atoms with Gasteiger partial charge < -0.3 is 14.2 Å². The van der Waals surface area contributed by atoms with Gasteiger partial charge in [0.15, 0.2) is 5.43 Å². The van der Waals surface area contributed by atoms with Crippen LogP contribution >= 0.6 is 15.9 Å². The second kappa shape index (κ2) is 7.76. The van der Waals surface area contributed by atoms with Crippen LogP contribution < -0.4 is 5.43 Å². The predicted octanol–water partition coefficient (Wildman–Crippen LogP) is 4.22. The highest BCUT2D eigenvalue weighted by Crippen LogP contribution is 2.38. The lowest BCUT2D eigenvalue weighted by Gasteiger charge is -2.26. The zero-order chi connectivity index (χ0) is 20.7. The van der Waals surface area contributed by atoms with E-state index in [1.54, 1.807) is 11.0 Å². The molecule has 0 fully saturated rings. The summed E-state index contributed by atoms with van der Waals surface area (Å²) in [6.45, 7) is 3.25. The smallest absolute Gasteiger partial charge is 0.290 e. The van der Waals surface area contributed by atoms with Crippen molar-refractivity contribution in [2.75, 3.05) is 27.2 Å². The molecule has 4 rings (SSSR count). The van der Waals surface area contributed by atoms with Crippen LogP contribution in [0.3, 0.4) is 0 Å². The Bertz CT molecular complexity index is 1140. The molecule has 0 radical (unpaired) electrons. The monoisotopic (exact) mass is 454 g/mol. The van der Waals surface area contributed by atoms with Crippen LogP contribution in [-0.4, -0.2) is 42.9 Å². The molecule has 6 heteroatoms. The molecule has 0 aliphatic carbocycles. The zero-order valence-electron chi connectivity index (χ0n) is 16.7. The number of hydrogen-bond acceptors (Lipinski definition) is 4. The molecule has 1 aromatic heterocycles. The van der Waals surface area contributed by atoms with Gasteiger partial charge >= 0.3 is 0 Å². The van der Waals surface area contributed by atoms with Crippen molar-refractivity contribution in [3.63, 3.8) is 0 Å². The van der Waals surface area contributed by atoms with Crippen LogP contribution in [0.4, 0.5) is 0 Å². The van der Waals surface area contributed by atoms with Crippen LogP contribution in [0.5, 0.6) is 0 Å². The number of likely N-dealkylation sites (N-methyl/N-ethyl adjacent to an activating group) is 1. The Morgan fingerprint density at radius 3 is 2.48 bits per heavy atom. The van der Waals surface area contributed by atoms with Crippen LogP contribution in [-0.2, 0) is 6.42 Å². The first-order valence-electron chi connectivity index (χ1n) is 9.71. The Hall–Kier alpha value is -2.44. The number of benzene rings is 2. The van der Waals surface area contributed by atoms with E-state index >= 15 is 0 Å². The molecule has 0 N–H and O–H groups in total. The van der Waals surface area contributed by atoms with Crippen LogP contribution in [0.15, 0.2) is 56.1 Å². The average Bonchev–Trinajstić information content (AvgIpc) is 2.99. The molecule has 0 saturated carbocycles. The standard InChI is InChI=1S/C23H23BrN2O3/c1-4-14-5-10-18-17(13-14)21(27)19-20(15-6-8-16(24)9-7-15)26(12-11-25(2)3)23(28)22(19)29-18/h5-10,13,20H,4,11-12H2,1-3H3. The van der Waals surface area contributed by atoms with Crippen molar-refractivity contribution in [1.29, 1.82) is 0 Å². The van der Waals surface area contributed by atoms with Crippen molar-refractivity contribution in [3.8, 4) is 0 Å². The van der Waals surface area contributed by atoms with Gasteiger partial charge in [-0.3, -0.25) is 9.59 Å². The number of halogens is 1. The summed E-state index contributed by atoms with van der Waals surface area (Å²) < 4.78 is 6.94. The molecule has 2 heterocycles. The Labute approximate surface area is 178 Å². The van der Waals surface area contributed by atoms with Crippen LogP contribution in [0.2, 0.25) is 0 Å². The zero-order valence-corrected chi connectivity index (χ0v) is 18.3. The van der Waals surface area contributed by atoms with Gasteiger partial charge in [-0.15, -0.1) is 0 Å². The van der Waals surface area contributed by atoms with E-state index in [0.717, 1.165) is 22.0 Å². The number of aryl methyl sites for hydroxylation is 1. The number of nitrogens with zero attached hydrogens (tertiary/aromatic N) is 2. The number of fused-ring (bicyclic) bond motifs is 2. The third kappa shape index (κ3) is 3.51. The fourth-order valence-electron chi connectivity index (χ4n) is 3.82. The summed E-state index contributed by atoms with van der Waals surface area (Å²) in [7, 11) is 3.93. The molecule has 1 atom stereocenters. The summed E-state index contributed by atoms with van der Waals surface area (Å²) in [5, 5.41) is 0.535. The van der Waals surface area contributed by atoms with Crippen LogP contribution in [0.1, 0.15) is 40.2 Å². The molecule has 1 aliphatic rings. The highest BCUT2D eigenvalue weighted by molar-refractivity contribution is 9.10. The van der Waals surface area contributed by atoms with Crippen molar-refractivity contribution in [1.82, 2.24) is 9.80 Å². The van der Waals surface area contributed by atoms with Gasteiger partial charge in [-0.2, -0.15) is 0 Å². The molecule has 0 saturated heterocycles. The molecule has 3 aromatic rings. The van der Waals surface area contributed by atoms with E-state index in [2.05, 4.69) is 15.9 Å². The van der Waals surface area contributed by atoms with E-state index in [9.17, 15) is 9.59 Å². The maximum atomic E-state index is 13.5. The summed E-state index contributed by atoms with van der Waals surface area (Å²) in [5.41, 5.74) is 2.75. The van der Waals surface area contributed by atoms with Gasteiger partial charge in [0.05, 0.1) is 17.0 Å². The van der Waals surface area contributed by atoms with E-state index < -0.39 is 6.04 Å². The summed E-state index contributed by atoms with van der Waals surface area (Å²) >= 11 is 3.46. The molecule has 1 amide bonds. The largest absolute Gasteiger partial charge is 0.450 e. The maximum Gasteiger partial charge on any atom is 0.290 e. The second-order valence-corrected chi connectivity index (χ2v) is 8.53. The number of hydrogen-bond donors (Lipinski definition) is 0. The molecular formula is C23H23BrN2O3. The minimum absolute atomic E-state index is 0.120. The maximum absolute atomic E-state index is 13.5. The van der Waals surface area contributed by atoms with Crippen molar-refractivity contribution in [2.45, 2.75) is 19.4 Å². The van der Waals surface area contributed by atoms with Gasteiger partial charge in [-0.05, 0) is 55.9 Å². The number of carbonyl (C=O) groups is 1. The van der Waals surface area contributed by atoms with Crippen molar-refractivity contribution >= 4 is 32.8 Å². The second-order valence-electron chi connectivity index (χ2n) is 7.61. The number of amides is 1. The lowest BCUT2D eigenvalue weighted by atomic mass is 9.98. The van der Waals surface area contributed by atoms with E-state index in [-0.39, 0.29) is 17.1 Å². The normalized spacial score (nSPS) is 16.1. The molecule has 0 bridgehead atoms. The molecule has 2 aromatic carbocycles. The molecule has 0 spiro atoms. The fraction of sp³-hybridized carbons (Fsp3) is 0.304. The first-order valence-corrected chi connectivity index (χ1v) is 10.5. The molecular weight excluding hydrogens is 432 g/mol. The van der Waals surface area contributed by atoms with Gasteiger partial charge in [-0.25, -0.2) is 0 Å². The van der Waals surface area contributed by atoms with Gasteiger partial charge in [0, 0.05) is 17.6 Å². The lowest BCUT2D eigenvalue weighted by Crippen LogP contribution is -2.35. The van der Waals surface area contributed by atoms with Crippen LogP contribution in [0, 0.1) is 0 Å². The minimum Gasteiger partial charge on any atom is -0.450 e. The van der Waals surface area contributed by atoms with E-state index in [0.29, 0.717) is 29.6 Å². The molecule has 5 nitrogen and oxygen atoms in total. The number of carbonyl (C=O) groups excluding carboxylic acids is 1. The average molecular weight is 455 g/mol. The lowest BCUT2D eigenvalue weighted by molar-refractivity contribution is 0.0716. The Balaban J connectivity index is 1.93. The molecule has 29 heavy (non-hydrogen) atoms. The highest BCUT2D eigenvalue weighted by atomic mass is 79.9. The summed E-state index contributed by atoms with van der Waals surface area (Å²) in [5.74, 6) is -0.0632. The third-order valence-electron chi connectivity index (χ3n) is 5.41. The summed E-state index contributed by atoms with van der Waals surface area (Å²) in [4.78, 5) is 30.5. The highest BCUT2D eigenvalue weighted by Gasteiger charge is 2.42. The molecule has 150 valence electrons. The van der Waals surface area contributed by atoms with E-state index in [1.165, 1.54) is 0 Å². The SMILES string of the molecule is CCc1ccc2oc3c(c(=O)c2c1)C(c1ccc(Br)cc1)N(CCN(C)C)C3=O. The fourth-order valence-corrected chi connectivity index (χ4v) is 4.08. The van der Waals surface area contributed by atoms with Crippen molar-refractivity contribution in [3.05, 3.63) is 79.6 Å². The predicted molar refractivity (Wildman–Crippen MR) is 117 cm³/mol. The topological polar surface area (TPSA) is 53.8 Å². The molecule has 1 aliphatic heterocycles. The Morgan fingerprint density at radius 2 is 1.83 bits per heavy atom. The van der Waals surface area contributed by atoms with E-state index in [4.69, 9.17) is 4.42 Å². The first kappa shape index (κ1) is 19.9. The van der Waals surface area contributed by atoms with Crippen LogP contribution in [0.25, 0.3) is 11.0 Å². The Kier molecular flexibility index (Phi) is 5.32. The minimum atomic E-state index is -0.448.